The highest BCUT2D eigenvalue weighted by molar-refractivity contribution is 5.94. The van der Waals surface area contributed by atoms with Crippen LogP contribution >= 0.6 is 0 Å². The molecule has 1 saturated carbocycles. The second-order valence-electron chi connectivity index (χ2n) is 7.20. The fourth-order valence-electron chi connectivity index (χ4n) is 3.37. The molecule has 1 aliphatic heterocycles. The second kappa shape index (κ2) is 5.67. The lowest BCUT2D eigenvalue weighted by atomic mass is 10.1. The minimum atomic E-state index is -0.437. The lowest BCUT2D eigenvalue weighted by Crippen LogP contribution is -2.41. The van der Waals surface area contributed by atoms with Gasteiger partial charge >= 0.3 is 0 Å². The van der Waals surface area contributed by atoms with Crippen LogP contribution in [0.3, 0.4) is 0 Å². The summed E-state index contributed by atoms with van der Waals surface area (Å²) in [5.74, 6) is 0.440. The molecule has 1 amide bonds. The van der Waals surface area contributed by atoms with Crippen molar-refractivity contribution in [2.24, 2.45) is 0 Å². The summed E-state index contributed by atoms with van der Waals surface area (Å²) < 4.78 is 21.3. The van der Waals surface area contributed by atoms with Crippen molar-refractivity contribution >= 4 is 17.4 Å². The first kappa shape index (κ1) is 16.0. The SMILES string of the molecule is C[C@H]1Nc2ccc3ncc(n3n2)C(=O)NC2(CC2)COc2cc(F)ccc21. The molecule has 3 aromatic rings. The molecule has 0 unspecified atom stereocenters. The first-order chi connectivity index (χ1) is 13.0. The van der Waals surface area contributed by atoms with E-state index < -0.39 is 5.54 Å². The van der Waals surface area contributed by atoms with Gasteiger partial charge in [-0.1, -0.05) is 6.07 Å². The van der Waals surface area contributed by atoms with Crippen LogP contribution in [0.15, 0.2) is 36.5 Å². The van der Waals surface area contributed by atoms with Gasteiger partial charge in [0.1, 0.15) is 24.0 Å². The van der Waals surface area contributed by atoms with Crippen molar-refractivity contribution in [3.8, 4) is 5.75 Å². The summed E-state index contributed by atoms with van der Waals surface area (Å²) in [7, 11) is 0. The average molecular weight is 367 g/mol. The molecule has 1 aromatic carbocycles. The van der Waals surface area contributed by atoms with E-state index in [2.05, 4.69) is 20.7 Å². The molecule has 0 radical (unpaired) electrons. The molecular formula is C19H18FN5O2. The predicted molar refractivity (Wildman–Crippen MR) is 96.4 cm³/mol. The smallest absolute Gasteiger partial charge is 0.272 e. The Morgan fingerprint density at radius 3 is 2.96 bits per heavy atom. The van der Waals surface area contributed by atoms with Crippen molar-refractivity contribution in [2.45, 2.75) is 31.3 Å². The van der Waals surface area contributed by atoms with Crippen LogP contribution in [0, 0.1) is 5.82 Å². The van der Waals surface area contributed by atoms with Gasteiger partial charge in [-0.2, -0.15) is 0 Å². The molecule has 1 atom stereocenters. The number of imidazole rings is 1. The zero-order valence-electron chi connectivity index (χ0n) is 14.7. The molecule has 2 bridgehead atoms. The van der Waals surface area contributed by atoms with Gasteiger partial charge < -0.3 is 15.4 Å². The van der Waals surface area contributed by atoms with Gasteiger partial charge in [0.2, 0.25) is 0 Å². The number of carbonyl (C=O) groups is 1. The predicted octanol–water partition coefficient (Wildman–Crippen LogP) is 2.70. The van der Waals surface area contributed by atoms with E-state index in [1.807, 2.05) is 6.92 Å². The van der Waals surface area contributed by atoms with E-state index >= 15 is 0 Å². The minimum Gasteiger partial charge on any atom is -0.491 e. The van der Waals surface area contributed by atoms with E-state index in [4.69, 9.17) is 4.74 Å². The van der Waals surface area contributed by atoms with E-state index in [1.165, 1.54) is 22.8 Å². The first-order valence-electron chi connectivity index (χ1n) is 8.89. The van der Waals surface area contributed by atoms with Crippen LogP contribution in [-0.2, 0) is 0 Å². The highest BCUT2D eigenvalue weighted by Gasteiger charge is 2.45. The fourth-order valence-corrected chi connectivity index (χ4v) is 3.37. The van der Waals surface area contributed by atoms with Crippen LogP contribution in [0.4, 0.5) is 10.2 Å². The number of hydrogen-bond donors (Lipinski definition) is 2. The molecule has 7 nitrogen and oxygen atoms in total. The van der Waals surface area contributed by atoms with Crippen LogP contribution in [0.25, 0.3) is 5.65 Å². The van der Waals surface area contributed by atoms with Crippen molar-refractivity contribution in [2.75, 3.05) is 11.9 Å². The Labute approximate surface area is 154 Å². The van der Waals surface area contributed by atoms with Crippen molar-refractivity contribution in [3.05, 3.63) is 53.6 Å². The Hall–Kier alpha value is -3.16. The Kier molecular flexibility index (Phi) is 3.37. The Morgan fingerprint density at radius 2 is 2.15 bits per heavy atom. The number of nitrogens with zero attached hydrogens (tertiary/aromatic N) is 3. The number of fused-ring (bicyclic) bond motifs is 2. The number of nitrogens with one attached hydrogen (secondary N) is 2. The number of ether oxygens (including phenoxy) is 1. The highest BCUT2D eigenvalue weighted by Crippen LogP contribution is 2.38. The van der Waals surface area contributed by atoms with Crippen molar-refractivity contribution in [1.29, 1.82) is 0 Å². The zero-order chi connectivity index (χ0) is 18.6. The molecule has 2 aliphatic rings. The summed E-state index contributed by atoms with van der Waals surface area (Å²) >= 11 is 0. The van der Waals surface area contributed by atoms with Gasteiger partial charge in [-0.05, 0) is 38.0 Å². The summed E-state index contributed by atoms with van der Waals surface area (Å²) in [6.07, 6.45) is 3.14. The summed E-state index contributed by atoms with van der Waals surface area (Å²) in [6, 6.07) is 7.94. The maximum absolute atomic E-state index is 13.8. The van der Waals surface area contributed by atoms with E-state index in [9.17, 15) is 9.18 Å². The lowest BCUT2D eigenvalue weighted by Gasteiger charge is -2.21. The molecule has 1 fully saturated rings. The highest BCUT2D eigenvalue weighted by atomic mass is 19.1. The summed E-state index contributed by atoms with van der Waals surface area (Å²) in [6.45, 7) is 2.24. The van der Waals surface area contributed by atoms with Crippen LogP contribution in [-0.4, -0.2) is 32.7 Å². The maximum Gasteiger partial charge on any atom is 0.272 e. The van der Waals surface area contributed by atoms with Gasteiger partial charge in [0, 0.05) is 11.6 Å². The minimum absolute atomic E-state index is 0.169. The molecule has 5 rings (SSSR count). The maximum atomic E-state index is 13.8. The second-order valence-corrected chi connectivity index (χ2v) is 7.20. The third kappa shape index (κ3) is 2.77. The van der Waals surface area contributed by atoms with Crippen molar-refractivity contribution in [1.82, 2.24) is 19.9 Å². The summed E-state index contributed by atoms with van der Waals surface area (Å²) in [4.78, 5) is 17.0. The summed E-state index contributed by atoms with van der Waals surface area (Å²) in [5, 5.41) is 10.8. The van der Waals surface area contributed by atoms with Crippen molar-refractivity contribution in [3.63, 3.8) is 0 Å². The standard InChI is InChI=1S/C19H18FN5O2/c1-11-13-3-2-12(20)8-15(13)27-10-19(6-7-19)23-18(26)14-9-21-17-5-4-16(22-11)24-25(14)17/h2-5,8-9,11H,6-7,10H2,1H3,(H,22,24)(H,23,26)/t11-/m1/s1. The van der Waals surface area contributed by atoms with Crippen LogP contribution in [0.1, 0.15) is 41.9 Å². The van der Waals surface area contributed by atoms with E-state index in [1.54, 1.807) is 18.2 Å². The Balaban J connectivity index is 1.63. The monoisotopic (exact) mass is 367 g/mol. The summed E-state index contributed by atoms with van der Waals surface area (Å²) in [5.41, 5.74) is 1.35. The number of benzene rings is 1. The van der Waals surface area contributed by atoms with Gasteiger partial charge in [0.05, 0.1) is 17.8 Å². The number of hydrogen-bond acceptors (Lipinski definition) is 5. The molecule has 1 spiro atoms. The number of carbonyl (C=O) groups excluding carboxylic acids is 1. The Bertz CT molecular complexity index is 1060. The largest absolute Gasteiger partial charge is 0.491 e. The Morgan fingerprint density at radius 1 is 1.30 bits per heavy atom. The first-order valence-corrected chi connectivity index (χ1v) is 8.89. The van der Waals surface area contributed by atoms with E-state index in [-0.39, 0.29) is 24.4 Å². The zero-order valence-corrected chi connectivity index (χ0v) is 14.7. The molecular weight excluding hydrogens is 349 g/mol. The van der Waals surface area contributed by atoms with Gasteiger partial charge in [0.15, 0.2) is 11.3 Å². The number of amides is 1. The van der Waals surface area contributed by atoms with Crippen LogP contribution in [0.5, 0.6) is 5.75 Å². The average Bonchev–Trinajstić information content (AvgIpc) is 3.27. The van der Waals surface area contributed by atoms with E-state index in [0.29, 0.717) is 22.9 Å². The molecule has 138 valence electrons. The molecule has 2 N–H and O–H groups in total. The van der Waals surface area contributed by atoms with Gasteiger partial charge in [0.25, 0.3) is 5.91 Å². The van der Waals surface area contributed by atoms with Gasteiger partial charge in [-0.3, -0.25) is 4.79 Å². The van der Waals surface area contributed by atoms with Crippen molar-refractivity contribution < 1.29 is 13.9 Å². The van der Waals surface area contributed by atoms with Gasteiger partial charge in [-0.15, -0.1) is 5.10 Å². The quantitative estimate of drug-likeness (QED) is 0.639. The number of anilines is 1. The normalized spacial score (nSPS) is 20.7. The number of rotatable bonds is 0. The molecule has 1 aliphatic carbocycles. The van der Waals surface area contributed by atoms with E-state index in [0.717, 1.165) is 18.4 Å². The molecule has 2 aromatic heterocycles. The third-order valence-electron chi connectivity index (χ3n) is 5.14. The third-order valence-corrected chi connectivity index (χ3v) is 5.14. The topological polar surface area (TPSA) is 80.5 Å². The molecule has 27 heavy (non-hydrogen) atoms. The molecule has 8 heteroatoms. The lowest BCUT2D eigenvalue weighted by molar-refractivity contribution is 0.0905. The molecule has 0 saturated heterocycles. The number of halogens is 1. The van der Waals surface area contributed by atoms with Crippen LogP contribution in [0.2, 0.25) is 0 Å². The van der Waals surface area contributed by atoms with Gasteiger partial charge in [-0.25, -0.2) is 13.9 Å². The number of aromatic nitrogens is 3. The fraction of sp³-hybridized carbons (Fsp3) is 0.316. The molecule has 3 heterocycles. The van der Waals surface area contributed by atoms with Crippen LogP contribution < -0.4 is 15.4 Å².